The molecule has 0 atom stereocenters. The first kappa shape index (κ1) is 51.1. The molecule has 10 rings (SSSR count). The summed E-state index contributed by atoms with van der Waals surface area (Å²) in [4.78, 5) is 45.3. The molecule has 0 radical (unpaired) electrons. The number of carbonyl (C=O) groups is 3. The standard InChI is InChI=1S/2C17H16N2O.C15H21BN2O2.C8H7BrO/c1-11-6-13(4-5-14(11)9-20)15-8-16-17(7-12(15)2)19(3)10-18-16;1-11-6-13(4-5-14(11)9-20)15-8-17-16(7-12(15)2)18-10-19(17)3;1-10-7-13-12(17-9-18(13)6)8-11(10)16-19-14(2,3)15(4,5)20-16;1-6-4-8(9)3-2-7(6)5-10/h2*4-10H,1-3H3;7-9H,1-6H3;2-5H,1H3. The first-order valence-electron chi connectivity index (χ1n) is 23.1. The Balaban J connectivity index is 0.000000141. The van der Waals surface area contributed by atoms with Crippen molar-refractivity contribution in [1.29, 1.82) is 0 Å². The van der Waals surface area contributed by atoms with Gasteiger partial charge in [0, 0.05) is 42.3 Å². The molecule has 9 aromatic rings. The molecular formula is C57H60BBrN6O5. The topological polar surface area (TPSA) is 123 Å². The van der Waals surface area contributed by atoms with E-state index in [9.17, 15) is 14.4 Å². The van der Waals surface area contributed by atoms with Gasteiger partial charge in [-0.05, 0) is 179 Å². The van der Waals surface area contributed by atoms with Crippen molar-refractivity contribution in [2.45, 2.75) is 80.4 Å². The molecule has 6 aromatic carbocycles. The molecule has 358 valence electrons. The number of aldehydes is 3. The molecule has 0 aliphatic carbocycles. The van der Waals surface area contributed by atoms with E-state index in [4.69, 9.17) is 9.31 Å². The fourth-order valence-corrected chi connectivity index (χ4v) is 8.89. The van der Waals surface area contributed by atoms with E-state index >= 15 is 0 Å². The summed E-state index contributed by atoms with van der Waals surface area (Å²) in [5.74, 6) is 0. The Hall–Kier alpha value is -6.80. The minimum atomic E-state index is -0.327. The molecule has 70 heavy (non-hydrogen) atoms. The zero-order valence-corrected chi connectivity index (χ0v) is 43.9. The van der Waals surface area contributed by atoms with E-state index in [0.717, 1.165) is 112 Å². The number of aromatic nitrogens is 6. The summed E-state index contributed by atoms with van der Waals surface area (Å²) in [7, 11) is 5.67. The van der Waals surface area contributed by atoms with Gasteiger partial charge in [0.15, 0.2) is 0 Å². The maximum Gasteiger partial charge on any atom is 0.495 e. The highest BCUT2D eigenvalue weighted by molar-refractivity contribution is 9.10. The van der Waals surface area contributed by atoms with Gasteiger partial charge in [-0.25, -0.2) is 15.0 Å². The van der Waals surface area contributed by atoms with Crippen molar-refractivity contribution >= 4 is 80.5 Å². The first-order valence-corrected chi connectivity index (χ1v) is 23.9. The molecule has 0 unspecified atom stereocenters. The molecule has 0 N–H and O–H groups in total. The van der Waals surface area contributed by atoms with Crippen molar-refractivity contribution in [2.75, 3.05) is 0 Å². The normalized spacial score (nSPS) is 13.5. The summed E-state index contributed by atoms with van der Waals surface area (Å²) in [5, 5.41) is 0. The maximum absolute atomic E-state index is 10.9. The highest BCUT2D eigenvalue weighted by atomic mass is 79.9. The van der Waals surface area contributed by atoms with E-state index in [1.165, 1.54) is 22.3 Å². The largest absolute Gasteiger partial charge is 0.495 e. The van der Waals surface area contributed by atoms with Gasteiger partial charge in [-0.15, -0.1) is 0 Å². The molecule has 1 fully saturated rings. The summed E-state index contributed by atoms with van der Waals surface area (Å²) in [6.45, 7) is 20.4. The number of benzene rings is 6. The summed E-state index contributed by atoms with van der Waals surface area (Å²) < 4.78 is 19.3. The van der Waals surface area contributed by atoms with Crippen LogP contribution in [0.1, 0.15) is 92.1 Å². The van der Waals surface area contributed by atoms with Crippen molar-refractivity contribution in [3.05, 3.63) is 165 Å². The number of carbonyl (C=O) groups excluding carboxylic acids is 3. The number of rotatable bonds is 6. The number of hydrogen-bond donors (Lipinski definition) is 0. The Morgan fingerprint density at radius 2 is 0.857 bits per heavy atom. The third-order valence-corrected chi connectivity index (χ3v) is 14.0. The van der Waals surface area contributed by atoms with E-state index in [1.807, 2.05) is 111 Å². The molecule has 1 aliphatic rings. The smallest absolute Gasteiger partial charge is 0.399 e. The lowest BCUT2D eigenvalue weighted by Crippen LogP contribution is -2.41. The quantitative estimate of drug-likeness (QED) is 0.119. The van der Waals surface area contributed by atoms with Crippen LogP contribution in [0.2, 0.25) is 0 Å². The van der Waals surface area contributed by atoms with Crippen LogP contribution in [0.25, 0.3) is 55.4 Å². The third kappa shape index (κ3) is 10.7. The van der Waals surface area contributed by atoms with Crippen molar-refractivity contribution in [3.8, 4) is 22.3 Å². The van der Waals surface area contributed by atoms with Crippen molar-refractivity contribution in [1.82, 2.24) is 28.7 Å². The average molecular weight is 1000 g/mol. The molecule has 0 amide bonds. The maximum atomic E-state index is 10.9. The van der Waals surface area contributed by atoms with E-state index in [0.29, 0.717) is 0 Å². The van der Waals surface area contributed by atoms with Crippen LogP contribution in [0.15, 0.2) is 114 Å². The highest BCUT2D eigenvalue weighted by Crippen LogP contribution is 2.37. The van der Waals surface area contributed by atoms with Crippen LogP contribution in [0.4, 0.5) is 0 Å². The van der Waals surface area contributed by atoms with E-state index in [1.54, 1.807) is 6.07 Å². The molecule has 1 saturated heterocycles. The van der Waals surface area contributed by atoms with Gasteiger partial charge in [-0.3, -0.25) is 14.4 Å². The number of aryl methyl sites for hydroxylation is 9. The van der Waals surface area contributed by atoms with E-state index in [2.05, 4.69) is 128 Å². The SMILES string of the molecule is Cc1cc(-c2cc3c(cc2C)ncn3C)ccc1C=O.Cc1cc(-c2cc3ncn(C)c3cc2C)ccc1C=O.Cc1cc(Br)ccc1C=O.Cc1cc2c(cc1B1OC(C)(C)C(C)(C)O1)ncn2C. The molecule has 4 heterocycles. The monoisotopic (exact) mass is 998 g/mol. The molecular weight excluding hydrogens is 939 g/mol. The predicted octanol–water partition coefficient (Wildman–Crippen LogP) is 12.1. The van der Waals surface area contributed by atoms with E-state index in [-0.39, 0.29) is 18.3 Å². The lowest BCUT2D eigenvalue weighted by molar-refractivity contribution is 0.00578. The Morgan fingerprint density at radius 3 is 1.31 bits per heavy atom. The van der Waals surface area contributed by atoms with Crippen LogP contribution in [-0.4, -0.2) is 65.8 Å². The van der Waals surface area contributed by atoms with Crippen molar-refractivity contribution < 1.29 is 23.7 Å². The summed E-state index contributed by atoms with van der Waals surface area (Å²) in [5.41, 5.74) is 20.2. The van der Waals surface area contributed by atoms with Crippen LogP contribution >= 0.6 is 15.9 Å². The second-order valence-electron chi connectivity index (χ2n) is 19.2. The van der Waals surface area contributed by atoms with Crippen molar-refractivity contribution in [3.63, 3.8) is 0 Å². The highest BCUT2D eigenvalue weighted by Gasteiger charge is 2.52. The van der Waals surface area contributed by atoms with Crippen LogP contribution in [-0.2, 0) is 30.5 Å². The van der Waals surface area contributed by atoms with Gasteiger partial charge in [0.2, 0.25) is 0 Å². The molecule has 13 heteroatoms. The van der Waals surface area contributed by atoms with Gasteiger partial charge in [0.1, 0.15) is 18.9 Å². The Morgan fingerprint density at radius 1 is 0.471 bits per heavy atom. The molecule has 11 nitrogen and oxygen atoms in total. The molecule has 1 aliphatic heterocycles. The number of hydrogen-bond acceptors (Lipinski definition) is 8. The summed E-state index contributed by atoms with van der Waals surface area (Å²) in [6, 6.07) is 30.2. The Bertz CT molecular complexity index is 3420. The number of nitrogens with zero attached hydrogens (tertiary/aromatic N) is 6. The van der Waals surface area contributed by atoms with Gasteiger partial charge >= 0.3 is 7.12 Å². The second-order valence-corrected chi connectivity index (χ2v) is 20.1. The number of halogens is 1. The zero-order valence-electron chi connectivity index (χ0n) is 42.3. The molecule has 0 bridgehead atoms. The minimum absolute atomic E-state index is 0.316. The molecule has 0 spiro atoms. The molecule has 0 saturated carbocycles. The summed E-state index contributed by atoms with van der Waals surface area (Å²) >= 11 is 3.31. The molecule has 3 aromatic heterocycles. The summed E-state index contributed by atoms with van der Waals surface area (Å²) in [6.07, 6.45) is 8.15. The Labute approximate surface area is 419 Å². The minimum Gasteiger partial charge on any atom is -0.399 e. The third-order valence-electron chi connectivity index (χ3n) is 13.5. The number of fused-ring (bicyclic) bond motifs is 3. The van der Waals surface area contributed by atoms with Crippen LogP contribution in [0.3, 0.4) is 0 Å². The van der Waals surface area contributed by atoms with Gasteiger partial charge in [-0.2, -0.15) is 0 Å². The fourth-order valence-electron chi connectivity index (χ4n) is 8.42. The average Bonchev–Trinajstić information content (AvgIpc) is 4.04. The first-order chi connectivity index (χ1) is 33.1. The van der Waals surface area contributed by atoms with Gasteiger partial charge < -0.3 is 23.0 Å². The van der Waals surface area contributed by atoms with Gasteiger partial charge in [0.05, 0.1) is 63.3 Å². The lowest BCUT2D eigenvalue weighted by Gasteiger charge is -2.32. The fraction of sp³-hybridized carbons (Fsp3) is 0.263. The van der Waals surface area contributed by atoms with Crippen LogP contribution in [0.5, 0.6) is 0 Å². The van der Waals surface area contributed by atoms with Crippen molar-refractivity contribution in [2.24, 2.45) is 21.1 Å². The van der Waals surface area contributed by atoms with Crippen LogP contribution in [0, 0.1) is 41.5 Å². The van der Waals surface area contributed by atoms with E-state index < -0.39 is 0 Å². The second kappa shape index (κ2) is 20.7. The lowest BCUT2D eigenvalue weighted by atomic mass is 9.76. The van der Waals surface area contributed by atoms with Gasteiger partial charge in [0.25, 0.3) is 0 Å². The zero-order chi connectivity index (χ0) is 50.8. The number of imidazole rings is 3. The van der Waals surface area contributed by atoms with Gasteiger partial charge in [-0.1, -0.05) is 58.4 Å². The Kier molecular flexibility index (Phi) is 15.1. The van der Waals surface area contributed by atoms with Crippen LogP contribution < -0.4 is 5.46 Å². The predicted molar refractivity (Wildman–Crippen MR) is 287 cm³/mol.